The zero-order valence-electron chi connectivity index (χ0n) is 23.9. The van der Waals surface area contributed by atoms with E-state index in [9.17, 15) is 18.7 Å². The van der Waals surface area contributed by atoms with Gasteiger partial charge in [0.1, 0.15) is 17.2 Å². The summed E-state index contributed by atoms with van der Waals surface area (Å²) in [7, 11) is 3.07. The van der Waals surface area contributed by atoms with Gasteiger partial charge in [-0.3, -0.25) is 9.35 Å². The fourth-order valence-corrected chi connectivity index (χ4v) is 4.99. The lowest BCUT2D eigenvalue weighted by Crippen LogP contribution is -2.28. The number of amides is 1. The maximum atomic E-state index is 12.9. The van der Waals surface area contributed by atoms with Gasteiger partial charge in [-0.15, -0.1) is 0 Å². The highest BCUT2D eigenvalue weighted by molar-refractivity contribution is 7.81. The fraction of sp³-hybridized carbons (Fsp3) is 0.129. The Morgan fingerprint density at radius 3 is 2.25 bits per heavy atom. The highest BCUT2D eigenvalue weighted by atomic mass is 32.2. The number of phenols is 1. The second kappa shape index (κ2) is 13.8. The molecule has 5 aromatic rings. The molecule has 5 N–H and O–H groups in total. The molecule has 0 bridgehead atoms. The molecule has 1 unspecified atom stereocenters. The number of benzene rings is 4. The van der Waals surface area contributed by atoms with Gasteiger partial charge in [0.15, 0.2) is 11.6 Å². The number of nitrogens with zero attached hydrogens (tertiary/aromatic N) is 3. The Hall–Kier alpha value is -5.24. The summed E-state index contributed by atoms with van der Waals surface area (Å²) in [6.45, 7) is 0.387. The Balaban J connectivity index is 1.43. The topological polar surface area (TPSA) is 158 Å². The first kappa shape index (κ1) is 30.2. The second-order valence-electron chi connectivity index (χ2n) is 9.51. The molecule has 5 rings (SSSR count). The molecule has 226 valence electrons. The fourth-order valence-electron chi connectivity index (χ4n) is 4.42. The van der Waals surface area contributed by atoms with E-state index in [-0.39, 0.29) is 35.5 Å². The van der Waals surface area contributed by atoms with Gasteiger partial charge in [0, 0.05) is 36.1 Å². The molecule has 0 aliphatic carbocycles. The molecule has 1 aromatic heterocycles. The van der Waals surface area contributed by atoms with E-state index in [1.807, 2.05) is 12.1 Å². The van der Waals surface area contributed by atoms with Crippen LogP contribution in [-0.4, -0.2) is 50.5 Å². The largest absolute Gasteiger partial charge is 0.508 e. The molecular formula is C31H30N6O6S. The van der Waals surface area contributed by atoms with Crippen LogP contribution < -0.4 is 29.7 Å². The monoisotopic (exact) mass is 614 g/mol. The number of para-hydroxylation sites is 2. The summed E-state index contributed by atoms with van der Waals surface area (Å²) in [6.07, 6.45) is 0. The Kier molecular flexibility index (Phi) is 9.49. The summed E-state index contributed by atoms with van der Waals surface area (Å²) >= 11 is -2.58. The molecule has 0 saturated carbocycles. The number of aromatic nitrogens is 2. The van der Waals surface area contributed by atoms with Crippen molar-refractivity contribution in [2.75, 3.05) is 35.7 Å². The minimum absolute atomic E-state index is 0.00372. The predicted molar refractivity (Wildman–Crippen MR) is 170 cm³/mol. The Bertz CT molecular complexity index is 1800. The first-order valence-corrected chi connectivity index (χ1v) is 14.5. The number of aromatic hydroxyl groups is 1. The smallest absolute Gasteiger partial charge is 0.268 e. The van der Waals surface area contributed by atoms with Crippen molar-refractivity contribution in [2.45, 2.75) is 6.54 Å². The lowest BCUT2D eigenvalue weighted by atomic mass is 10.2. The summed E-state index contributed by atoms with van der Waals surface area (Å²) in [5.74, 6) is 1.16. The molecule has 44 heavy (non-hydrogen) atoms. The number of ether oxygens (including phenoxy) is 2. The third kappa shape index (κ3) is 7.39. The molecule has 13 heteroatoms. The van der Waals surface area contributed by atoms with E-state index in [0.717, 1.165) is 9.87 Å². The van der Waals surface area contributed by atoms with Gasteiger partial charge < -0.3 is 30.5 Å². The van der Waals surface area contributed by atoms with Crippen molar-refractivity contribution >= 4 is 56.9 Å². The Morgan fingerprint density at radius 2 is 1.57 bits per heavy atom. The third-order valence-corrected chi connectivity index (χ3v) is 7.10. The molecule has 1 atom stereocenters. The van der Waals surface area contributed by atoms with Crippen LogP contribution in [0.25, 0.3) is 11.0 Å². The molecule has 12 nitrogen and oxygen atoms in total. The number of hydrogen-bond acceptors (Lipinski definition) is 9. The van der Waals surface area contributed by atoms with E-state index >= 15 is 0 Å². The first-order chi connectivity index (χ1) is 21.3. The number of nitrogens with one attached hydrogen (secondary N) is 3. The van der Waals surface area contributed by atoms with Crippen LogP contribution in [-0.2, 0) is 22.6 Å². The van der Waals surface area contributed by atoms with Gasteiger partial charge in [-0.2, -0.15) is 0 Å². The summed E-state index contributed by atoms with van der Waals surface area (Å²) < 4.78 is 35.2. The minimum Gasteiger partial charge on any atom is -0.508 e. The molecule has 0 fully saturated rings. The molecule has 0 radical (unpaired) electrons. The summed E-state index contributed by atoms with van der Waals surface area (Å²) in [6, 6.07) is 25.6. The Morgan fingerprint density at radius 1 is 0.864 bits per heavy atom. The number of phenolic OH excluding ortho intramolecular Hbond substituents is 1. The van der Waals surface area contributed by atoms with Crippen LogP contribution >= 0.6 is 0 Å². The van der Waals surface area contributed by atoms with E-state index < -0.39 is 11.3 Å². The predicted octanol–water partition coefficient (Wildman–Crippen LogP) is 5.10. The van der Waals surface area contributed by atoms with E-state index in [1.165, 1.54) is 14.2 Å². The van der Waals surface area contributed by atoms with Crippen LogP contribution in [0.3, 0.4) is 0 Å². The highest BCUT2D eigenvalue weighted by Gasteiger charge is 2.23. The number of carbonyl (C=O) groups is 1. The number of fused-ring (bicyclic) bond motifs is 1. The highest BCUT2D eigenvalue weighted by Crippen LogP contribution is 2.36. The van der Waals surface area contributed by atoms with Crippen LogP contribution in [0.15, 0.2) is 91.0 Å². The lowest BCUT2D eigenvalue weighted by molar-refractivity contribution is -0.115. The molecule has 0 aliphatic rings. The first-order valence-electron chi connectivity index (χ1n) is 13.4. The average Bonchev–Trinajstić information content (AvgIpc) is 3.01. The number of rotatable bonds is 12. The summed E-state index contributed by atoms with van der Waals surface area (Å²) in [4.78, 5) is 22.1. The molecular weight excluding hydrogens is 584 g/mol. The number of methoxy groups -OCH3 is 2. The van der Waals surface area contributed by atoms with Crippen molar-refractivity contribution in [2.24, 2.45) is 0 Å². The summed E-state index contributed by atoms with van der Waals surface area (Å²) in [5.41, 5.74) is 3.14. The lowest BCUT2D eigenvalue weighted by Gasteiger charge is -2.23. The standard InChI is InChI=1S/C31H30N6O6S/c1-42-25-15-22(16-26(17-25)43-2)34-30-31(36-28-12-4-3-11-27(28)35-30)37(44(40)41)23-9-6-8-21(14-23)33-29(39)19-32-18-20-7-5-10-24(38)13-20/h3-17,32,38H,18-19H2,1-2H3,(H,33,39)(H,34,35)(H,40,41). The number of carbonyl (C=O) groups excluding carboxylic acids is 1. The van der Waals surface area contributed by atoms with Crippen molar-refractivity contribution in [1.82, 2.24) is 15.3 Å². The van der Waals surface area contributed by atoms with E-state index in [1.54, 1.807) is 78.9 Å². The maximum Gasteiger partial charge on any atom is 0.268 e. The second-order valence-corrected chi connectivity index (χ2v) is 10.3. The van der Waals surface area contributed by atoms with Gasteiger partial charge in [0.05, 0.1) is 37.5 Å². The van der Waals surface area contributed by atoms with Gasteiger partial charge in [-0.25, -0.2) is 18.5 Å². The molecule has 0 aliphatic heterocycles. The zero-order chi connectivity index (χ0) is 31.1. The van der Waals surface area contributed by atoms with Gasteiger partial charge in [0.25, 0.3) is 11.3 Å². The molecule has 0 spiro atoms. The van der Waals surface area contributed by atoms with E-state index in [0.29, 0.717) is 40.5 Å². The third-order valence-electron chi connectivity index (χ3n) is 6.40. The van der Waals surface area contributed by atoms with Crippen molar-refractivity contribution in [3.63, 3.8) is 0 Å². The van der Waals surface area contributed by atoms with Crippen LogP contribution in [0, 0.1) is 0 Å². The van der Waals surface area contributed by atoms with Crippen molar-refractivity contribution in [1.29, 1.82) is 0 Å². The van der Waals surface area contributed by atoms with Gasteiger partial charge >= 0.3 is 0 Å². The van der Waals surface area contributed by atoms with E-state index in [4.69, 9.17) is 19.4 Å². The molecule has 1 amide bonds. The SMILES string of the molecule is COc1cc(Nc2nc3ccccc3nc2N(c2cccc(NC(=O)CNCc3cccc(O)c3)c2)S(=O)O)cc(OC)c1. The van der Waals surface area contributed by atoms with Crippen molar-refractivity contribution in [3.8, 4) is 17.2 Å². The van der Waals surface area contributed by atoms with Crippen LogP contribution in [0.2, 0.25) is 0 Å². The molecule has 4 aromatic carbocycles. The number of hydrogen-bond donors (Lipinski definition) is 5. The van der Waals surface area contributed by atoms with Crippen molar-refractivity contribution < 1.29 is 28.1 Å². The zero-order valence-corrected chi connectivity index (χ0v) is 24.7. The Labute approximate surface area is 256 Å². The van der Waals surface area contributed by atoms with Crippen molar-refractivity contribution in [3.05, 3.63) is 96.6 Å². The van der Waals surface area contributed by atoms with Gasteiger partial charge in [0.2, 0.25) is 5.91 Å². The minimum atomic E-state index is -2.58. The van der Waals surface area contributed by atoms with E-state index in [2.05, 4.69) is 16.0 Å². The quantitative estimate of drug-likeness (QED) is 0.120. The van der Waals surface area contributed by atoms with Gasteiger partial charge in [-0.1, -0.05) is 30.3 Å². The molecule has 1 heterocycles. The molecule has 0 saturated heterocycles. The maximum absolute atomic E-state index is 12.9. The number of anilines is 5. The average molecular weight is 615 g/mol. The normalized spacial score (nSPS) is 11.5. The summed E-state index contributed by atoms with van der Waals surface area (Å²) in [5, 5.41) is 18.6. The van der Waals surface area contributed by atoms with Crippen LogP contribution in [0.1, 0.15) is 5.56 Å². The van der Waals surface area contributed by atoms with Gasteiger partial charge in [-0.05, 0) is 48.0 Å². The van der Waals surface area contributed by atoms with Crippen LogP contribution in [0.4, 0.5) is 28.7 Å². The van der Waals surface area contributed by atoms with Crippen LogP contribution in [0.5, 0.6) is 17.2 Å².